The van der Waals surface area contributed by atoms with E-state index in [-0.39, 0.29) is 17.8 Å². The second kappa shape index (κ2) is 10.0. The highest BCUT2D eigenvalue weighted by atomic mass is 16.5. The molecular weight excluding hydrogens is 382 g/mol. The van der Waals surface area contributed by atoms with Gasteiger partial charge in [-0.15, -0.1) is 0 Å². The molecule has 0 spiro atoms. The molecule has 2 aromatic rings. The summed E-state index contributed by atoms with van der Waals surface area (Å²) < 4.78 is 4.86. The molecule has 158 valence electrons. The fourth-order valence-electron chi connectivity index (χ4n) is 3.66. The molecule has 1 aromatic carbocycles. The molecule has 0 bridgehead atoms. The number of nitriles is 1. The van der Waals surface area contributed by atoms with Crippen LogP contribution in [0.5, 0.6) is 0 Å². The van der Waals surface area contributed by atoms with Gasteiger partial charge < -0.3 is 15.0 Å². The van der Waals surface area contributed by atoms with E-state index in [1.807, 2.05) is 36.1 Å². The van der Waals surface area contributed by atoms with Gasteiger partial charge in [0.15, 0.2) is 11.7 Å². The lowest BCUT2D eigenvalue weighted by molar-refractivity contribution is -0.146. The molecule has 8 nitrogen and oxygen atoms in total. The Kier molecular flexibility index (Phi) is 7.17. The number of piperidine rings is 1. The van der Waals surface area contributed by atoms with Gasteiger partial charge in [-0.1, -0.05) is 25.5 Å². The number of unbranched alkanes of at least 4 members (excludes halogenated alkanes) is 1. The maximum Gasteiger partial charge on any atom is 0.308 e. The van der Waals surface area contributed by atoms with Gasteiger partial charge in [0.25, 0.3) is 0 Å². The molecule has 0 aliphatic carbocycles. The van der Waals surface area contributed by atoms with Crippen LogP contribution in [0.4, 0.5) is 5.82 Å². The number of carbonyl (C=O) groups is 2. The molecule has 2 heterocycles. The third-order valence-corrected chi connectivity index (χ3v) is 5.40. The topological polar surface area (TPSA) is 108 Å². The molecule has 0 saturated carbocycles. The number of hydrogen-bond acceptors (Lipinski definition) is 7. The van der Waals surface area contributed by atoms with Gasteiger partial charge in [-0.2, -0.15) is 5.26 Å². The van der Waals surface area contributed by atoms with Gasteiger partial charge in [0.2, 0.25) is 5.91 Å². The molecule has 1 fully saturated rings. The molecule has 1 amide bonds. The largest absolute Gasteiger partial charge is 0.469 e. The number of rotatable bonds is 7. The molecule has 1 N–H and O–H groups in total. The lowest BCUT2D eigenvalue weighted by Crippen LogP contribution is -2.39. The summed E-state index contributed by atoms with van der Waals surface area (Å²) >= 11 is 0. The van der Waals surface area contributed by atoms with E-state index < -0.39 is 5.92 Å². The molecule has 0 radical (unpaired) electrons. The average Bonchev–Trinajstić information content (AvgIpc) is 2.79. The van der Waals surface area contributed by atoms with E-state index in [2.05, 4.69) is 16.4 Å². The quantitative estimate of drug-likeness (QED) is 0.553. The average molecular weight is 409 g/mol. The van der Waals surface area contributed by atoms with Crippen LogP contribution in [0.3, 0.4) is 0 Å². The Hall–Kier alpha value is -3.21. The number of nitrogens with one attached hydrogen (secondary N) is 1. The van der Waals surface area contributed by atoms with Gasteiger partial charge in [-0.25, -0.2) is 9.97 Å². The minimum Gasteiger partial charge on any atom is -0.469 e. The highest BCUT2D eigenvalue weighted by Gasteiger charge is 2.32. The second-order valence-corrected chi connectivity index (χ2v) is 7.41. The highest BCUT2D eigenvalue weighted by Crippen LogP contribution is 2.30. The van der Waals surface area contributed by atoms with Crippen molar-refractivity contribution in [2.24, 2.45) is 5.92 Å². The second-order valence-electron chi connectivity index (χ2n) is 7.41. The zero-order valence-corrected chi connectivity index (χ0v) is 17.4. The summed E-state index contributed by atoms with van der Waals surface area (Å²) in [5.41, 5.74) is 1.71. The number of para-hydroxylation sites is 2. The van der Waals surface area contributed by atoms with Crippen molar-refractivity contribution in [2.75, 3.05) is 31.6 Å². The normalized spacial score (nSPS) is 15.4. The van der Waals surface area contributed by atoms with Crippen molar-refractivity contribution in [3.8, 4) is 6.07 Å². The third kappa shape index (κ3) is 4.67. The SMILES string of the molecule is CCCCNC(=O)[C@@H](C#N)c1nc2ccccc2nc1N1CCC(C(=O)OC)CC1. The van der Waals surface area contributed by atoms with Crippen molar-refractivity contribution in [3.63, 3.8) is 0 Å². The van der Waals surface area contributed by atoms with Crippen LogP contribution < -0.4 is 10.2 Å². The number of nitrogens with zero attached hydrogens (tertiary/aromatic N) is 4. The van der Waals surface area contributed by atoms with Crippen LogP contribution in [0.15, 0.2) is 24.3 Å². The first kappa shape index (κ1) is 21.5. The van der Waals surface area contributed by atoms with Crippen LogP contribution >= 0.6 is 0 Å². The van der Waals surface area contributed by atoms with Crippen LogP contribution in [0.2, 0.25) is 0 Å². The minimum atomic E-state index is -1.05. The Balaban J connectivity index is 1.93. The van der Waals surface area contributed by atoms with Gasteiger partial charge in [0.05, 0.1) is 30.1 Å². The fourth-order valence-corrected chi connectivity index (χ4v) is 3.66. The molecular formula is C22H27N5O3. The fraction of sp³-hybridized carbons (Fsp3) is 0.500. The predicted molar refractivity (Wildman–Crippen MR) is 113 cm³/mol. The molecule has 1 aliphatic heterocycles. The van der Waals surface area contributed by atoms with Crippen LogP contribution in [0.1, 0.15) is 44.2 Å². The zero-order chi connectivity index (χ0) is 21.5. The Morgan fingerprint density at radius 1 is 1.27 bits per heavy atom. The zero-order valence-electron chi connectivity index (χ0n) is 17.4. The lowest BCUT2D eigenvalue weighted by Gasteiger charge is -2.33. The molecule has 1 aromatic heterocycles. The number of hydrogen-bond donors (Lipinski definition) is 1. The van der Waals surface area contributed by atoms with E-state index in [0.717, 1.165) is 12.8 Å². The summed E-state index contributed by atoms with van der Waals surface area (Å²) in [7, 11) is 1.40. The Morgan fingerprint density at radius 2 is 1.93 bits per heavy atom. The number of fused-ring (bicyclic) bond motifs is 1. The van der Waals surface area contributed by atoms with Crippen LogP contribution in [0.25, 0.3) is 11.0 Å². The van der Waals surface area contributed by atoms with Crippen LogP contribution in [-0.4, -0.2) is 48.6 Å². The molecule has 0 unspecified atom stereocenters. The van der Waals surface area contributed by atoms with Crippen molar-refractivity contribution in [3.05, 3.63) is 30.0 Å². The first-order valence-corrected chi connectivity index (χ1v) is 10.4. The number of esters is 1. The maximum absolute atomic E-state index is 12.7. The molecule has 1 atom stereocenters. The summed E-state index contributed by atoms with van der Waals surface area (Å²) in [5, 5.41) is 12.6. The first-order valence-electron chi connectivity index (χ1n) is 10.4. The number of aromatic nitrogens is 2. The van der Waals surface area contributed by atoms with Crippen molar-refractivity contribution < 1.29 is 14.3 Å². The monoisotopic (exact) mass is 409 g/mol. The van der Waals surface area contributed by atoms with Crippen molar-refractivity contribution >= 4 is 28.7 Å². The third-order valence-electron chi connectivity index (χ3n) is 5.40. The smallest absolute Gasteiger partial charge is 0.308 e. The van der Waals surface area contributed by atoms with Gasteiger partial charge in [0.1, 0.15) is 5.69 Å². The van der Waals surface area contributed by atoms with E-state index >= 15 is 0 Å². The van der Waals surface area contributed by atoms with Gasteiger partial charge in [0, 0.05) is 19.6 Å². The standard InChI is InChI=1S/C22H27N5O3/c1-3-4-11-24-21(28)16(14-23)19-20(26-18-8-6-5-7-17(18)25-19)27-12-9-15(10-13-27)22(29)30-2/h5-8,15-16H,3-4,9-13H2,1-2H3,(H,24,28)/t16-/m0/s1. The Labute approximate surface area is 176 Å². The van der Waals surface area contributed by atoms with Gasteiger partial charge >= 0.3 is 5.97 Å². The van der Waals surface area contributed by atoms with E-state index in [4.69, 9.17) is 9.72 Å². The number of anilines is 1. The number of ether oxygens (including phenoxy) is 1. The number of amides is 1. The van der Waals surface area contributed by atoms with Crippen molar-refractivity contribution in [2.45, 2.75) is 38.5 Å². The maximum atomic E-state index is 12.7. The number of carbonyl (C=O) groups excluding carboxylic acids is 2. The van der Waals surface area contributed by atoms with E-state index in [0.29, 0.717) is 55.0 Å². The minimum absolute atomic E-state index is 0.146. The van der Waals surface area contributed by atoms with Gasteiger partial charge in [-0.05, 0) is 31.4 Å². The summed E-state index contributed by atoms with van der Waals surface area (Å²) in [6, 6.07) is 9.52. The summed E-state index contributed by atoms with van der Waals surface area (Å²) in [5.74, 6) is -1.22. The first-order chi connectivity index (χ1) is 14.6. The Morgan fingerprint density at radius 3 is 2.53 bits per heavy atom. The van der Waals surface area contributed by atoms with Crippen molar-refractivity contribution in [1.29, 1.82) is 5.26 Å². The van der Waals surface area contributed by atoms with Crippen molar-refractivity contribution in [1.82, 2.24) is 15.3 Å². The summed E-state index contributed by atoms with van der Waals surface area (Å²) in [6.07, 6.45) is 3.05. The summed E-state index contributed by atoms with van der Waals surface area (Å²) in [4.78, 5) is 36.0. The molecule has 8 heteroatoms. The number of benzene rings is 1. The Bertz CT molecular complexity index is 947. The molecule has 1 saturated heterocycles. The highest BCUT2D eigenvalue weighted by molar-refractivity contribution is 5.88. The van der Waals surface area contributed by atoms with E-state index in [1.165, 1.54) is 7.11 Å². The summed E-state index contributed by atoms with van der Waals surface area (Å²) in [6.45, 7) is 3.72. The predicted octanol–water partition coefficient (Wildman–Crippen LogP) is 2.54. The van der Waals surface area contributed by atoms with Crippen LogP contribution in [0, 0.1) is 17.2 Å². The van der Waals surface area contributed by atoms with E-state index in [1.54, 1.807) is 0 Å². The molecule has 1 aliphatic rings. The van der Waals surface area contributed by atoms with Gasteiger partial charge in [-0.3, -0.25) is 9.59 Å². The van der Waals surface area contributed by atoms with E-state index in [9.17, 15) is 14.9 Å². The molecule has 30 heavy (non-hydrogen) atoms. The van der Waals surface area contributed by atoms with Crippen LogP contribution in [-0.2, 0) is 14.3 Å². The number of methoxy groups -OCH3 is 1. The lowest BCUT2D eigenvalue weighted by atomic mass is 9.96. The molecule has 3 rings (SSSR count).